The fourth-order valence-corrected chi connectivity index (χ4v) is 5.09. The van der Waals surface area contributed by atoms with Crippen molar-refractivity contribution in [3.05, 3.63) is 107 Å². The summed E-state index contributed by atoms with van der Waals surface area (Å²) < 4.78 is 6.05. The second kappa shape index (κ2) is 9.82. The molecule has 0 radical (unpaired) electrons. The lowest BCUT2D eigenvalue weighted by Gasteiger charge is -2.16. The van der Waals surface area contributed by atoms with Crippen molar-refractivity contribution in [3.63, 3.8) is 0 Å². The Balaban J connectivity index is 1.41. The van der Waals surface area contributed by atoms with E-state index in [4.69, 9.17) is 16.0 Å². The summed E-state index contributed by atoms with van der Waals surface area (Å²) in [6.45, 7) is 7.96. The van der Waals surface area contributed by atoms with Crippen molar-refractivity contribution < 1.29 is 9.21 Å². The fourth-order valence-electron chi connectivity index (χ4n) is 4.83. The van der Waals surface area contributed by atoms with Crippen LogP contribution in [0.1, 0.15) is 27.0 Å². The van der Waals surface area contributed by atoms with Gasteiger partial charge in [-0.05, 0) is 78.1 Å². The first-order valence-electron chi connectivity index (χ1n) is 12.4. The molecule has 0 bridgehead atoms. The van der Waals surface area contributed by atoms with Gasteiger partial charge in [0.1, 0.15) is 17.3 Å². The van der Waals surface area contributed by atoms with E-state index in [1.807, 2.05) is 43.3 Å². The van der Waals surface area contributed by atoms with Crippen LogP contribution < -0.4 is 5.32 Å². The van der Waals surface area contributed by atoms with E-state index in [1.165, 1.54) is 0 Å². The number of benzene rings is 3. The lowest BCUT2D eigenvalue weighted by atomic mass is 9.93. The molecule has 3 aromatic heterocycles. The zero-order valence-electron chi connectivity index (χ0n) is 21.3. The van der Waals surface area contributed by atoms with Crippen LogP contribution in [0.3, 0.4) is 0 Å². The third-order valence-corrected chi connectivity index (χ3v) is 7.18. The minimum atomic E-state index is 0.356. The highest BCUT2D eigenvalue weighted by Crippen LogP contribution is 2.38. The van der Waals surface area contributed by atoms with Gasteiger partial charge in [-0.25, -0.2) is 9.97 Å². The standard InChI is InChI=1S/C32H23ClN4O2/c1-4-20-13-22-11-12-34-31(29(22)35-16-20)36-27-10-6-8-24(19(27)3)23-7-5-9-25(18(23)2)32-37-28-15-21(17-38)14-26(33)30(28)39-32/h4-17H,1H2,2-3H3,(H,34,36). The van der Waals surface area contributed by atoms with E-state index in [1.54, 1.807) is 30.6 Å². The van der Waals surface area contributed by atoms with Crippen LogP contribution in [0, 0.1) is 13.8 Å². The van der Waals surface area contributed by atoms with E-state index in [0.29, 0.717) is 33.4 Å². The summed E-state index contributed by atoms with van der Waals surface area (Å²) in [5.74, 6) is 1.14. The van der Waals surface area contributed by atoms with Crippen LogP contribution in [0.25, 0.3) is 50.7 Å². The number of pyridine rings is 2. The SMILES string of the molecule is C=Cc1cnc2c(Nc3cccc(-c4cccc(-c5nc6cc(C=O)cc(Cl)c6o5)c4C)c3C)nccc2c1. The molecule has 0 spiro atoms. The van der Waals surface area contributed by atoms with Crippen LogP contribution >= 0.6 is 11.6 Å². The summed E-state index contributed by atoms with van der Waals surface area (Å²) in [6.07, 6.45) is 6.09. The number of rotatable bonds is 6. The zero-order valence-corrected chi connectivity index (χ0v) is 22.1. The van der Waals surface area contributed by atoms with Crippen LogP contribution in [0.2, 0.25) is 5.02 Å². The normalized spacial score (nSPS) is 11.2. The van der Waals surface area contributed by atoms with E-state index in [0.717, 1.165) is 56.3 Å². The molecule has 0 amide bonds. The van der Waals surface area contributed by atoms with E-state index in [9.17, 15) is 4.79 Å². The number of hydrogen-bond donors (Lipinski definition) is 1. The molecule has 0 aliphatic carbocycles. The molecule has 0 aliphatic heterocycles. The van der Waals surface area contributed by atoms with Crippen LogP contribution in [0.15, 0.2) is 84.1 Å². The highest BCUT2D eigenvalue weighted by atomic mass is 35.5. The van der Waals surface area contributed by atoms with E-state index in [2.05, 4.69) is 45.9 Å². The number of hydrogen-bond acceptors (Lipinski definition) is 6. The summed E-state index contributed by atoms with van der Waals surface area (Å²) >= 11 is 6.35. The number of carbonyl (C=O) groups excluding carboxylic acids is 1. The number of fused-ring (bicyclic) bond motifs is 2. The summed E-state index contributed by atoms with van der Waals surface area (Å²) in [7, 11) is 0. The largest absolute Gasteiger partial charge is 0.434 e. The number of oxazole rings is 1. The molecule has 6 rings (SSSR count). The Morgan fingerprint density at radius 1 is 0.923 bits per heavy atom. The van der Waals surface area contributed by atoms with Gasteiger partial charge in [0, 0.05) is 34.6 Å². The Morgan fingerprint density at radius 3 is 2.49 bits per heavy atom. The number of aromatic nitrogens is 3. The molecule has 3 aromatic carbocycles. The number of nitrogens with zero attached hydrogens (tertiary/aromatic N) is 3. The monoisotopic (exact) mass is 530 g/mol. The second-order valence-electron chi connectivity index (χ2n) is 9.27. The topological polar surface area (TPSA) is 80.9 Å². The fraction of sp³-hybridized carbons (Fsp3) is 0.0625. The van der Waals surface area contributed by atoms with Crippen LogP contribution in [-0.4, -0.2) is 21.2 Å². The quantitative estimate of drug-likeness (QED) is 0.217. The molecule has 190 valence electrons. The van der Waals surface area contributed by atoms with Crippen molar-refractivity contribution in [2.75, 3.05) is 5.32 Å². The minimum absolute atomic E-state index is 0.356. The van der Waals surface area contributed by atoms with Crippen molar-refractivity contribution in [1.29, 1.82) is 0 Å². The summed E-state index contributed by atoms with van der Waals surface area (Å²) in [4.78, 5) is 25.1. The minimum Gasteiger partial charge on any atom is -0.434 e. The van der Waals surface area contributed by atoms with Crippen LogP contribution in [0.5, 0.6) is 0 Å². The van der Waals surface area contributed by atoms with Crippen molar-refractivity contribution in [2.45, 2.75) is 13.8 Å². The van der Waals surface area contributed by atoms with E-state index < -0.39 is 0 Å². The molecule has 39 heavy (non-hydrogen) atoms. The molecule has 0 atom stereocenters. The van der Waals surface area contributed by atoms with Gasteiger partial charge >= 0.3 is 0 Å². The highest BCUT2D eigenvalue weighted by Gasteiger charge is 2.18. The summed E-state index contributed by atoms with van der Waals surface area (Å²) in [6, 6.07) is 19.4. The molecule has 0 fully saturated rings. The molecule has 6 nitrogen and oxygen atoms in total. The number of halogens is 1. The summed E-state index contributed by atoms with van der Waals surface area (Å²) in [5, 5.41) is 4.83. The first kappa shape index (κ1) is 24.5. The number of nitrogens with one attached hydrogen (secondary N) is 1. The third-order valence-electron chi connectivity index (χ3n) is 6.90. The predicted octanol–water partition coefficient (Wildman–Crippen LogP) is 8.57. The van der Waals surface area contributed by atoms with Gasteiger partial charge in [0.15, 0.2) is 11.4 Å². The van der Waals surface area contributed by atoms with Crippen molar-refractivity contribution >= 4 is 57.5 Å². The average molecular weight is 531 g/mol. The second-order valence-corrected chi connectivity index (χ2v) is 9.68. The molecule has 0 saturated carbocycles. The highest BCUT2D eigenvalue weighted by molar-refractivity contribution is 6.35. The lowest BCUT2D eigenvalue weighted by molar-refractivity contribution is 0.112. The van der Waals surface area contributed by atoms with Gasteiger partial charge in [0.2, 0.25) is 5.89 Å². The summed E-state index contributed by atoms with van der Waals surface area (Å²) in [5.41, 5.74) is 9.18. The molecule has 0 aliphatic rings. The first-order chi connectivity index (χ1) is 19.0. The molecule has 3 heterocycles. The Kier molecular flexibility index (Phi) is 6.17. The van der Waals surface area contributed by atoms with Crippen molar-refractivity contribution in [2.24, 2.45) is 0 Å². The smallest absolute Gasteiger partial charge is 0.227 e. The number of carbonyl (C=O) groups is 1. The van der Waals surface area contributed by atoms with Crippen molar-refractivity contribution in [3.8, 4) is 22.6 Å². The average Bonchev–Trinajstić information content (AvgIpc) is 3.39. The molecular formula is C32H23ClN4O2. The van der Waals surface area contributed by atoms with Crippen LogP contribution in [-0.2, 0) is 0 Å². The molecule has 7 heteroatoms. The molecule has 1 N–H and O–H groups in total. The Hall–Kier alpha value is -4.81. The zero-order chi connectivity index (χ0) is 27.1. The molecule has 0 saturated heterocycles. The van der Waals surface area contributed by atoms with Crippen LogP contribution in [0.4, 0.5) is 11.5 Å². The predicted molar refractivity (Wildman–Crippen MR) is 158 cm³/mol. The van der Waals surface area contributed by atoms with Gasteiger partial charge < -0.3 is 9.73 Å². The molecular weight excluding hydrogens is 508 g/mol. The maximum absolute atomic E-state index is 11.3. The van der Waals surface area contributed by atoms with Gasteiger partial charge in [-0.2, -0.15) is 0 Å². The van der Waals surface area contributed by atoms with E-state index in [-0.39, 0.29) is 0 Å². The van der Waals surface area contributed by atoms with E-state index >= 15 is 0 Å². The van der Waals surface area contributed by atoms with Crippen molar-refractivity contribution in [1.82, 2.24) is 15.0 Å². The number of anilines is 2. The Bertz CT molecular complexity index is 1930. The van der Waals surface area contributed by atoms with Gasteiger partial charge in [-0.1, -0.05) is 48.5 Å². The molecule has 6 aromatic rings. The third kappa shape index (κ3) is 4.35. The first-order valence-corrected chi connectivity index (χ1v) is 12.7. The Morgan fingerprint density at radius 2 is 1.69 bits per heavy atom. The maximum Gasteiger partial charge on any atom is 0.227 e. The Labute approximate surface area is 230 Å². The molecule has 0 unspecified atom stereocenters. The van der Waals surface area contributed by atoms with Gasteiger partial charge in [0.25, 0.3) is 0 Å². The van der Waals surface area contributed by atoms with Gasteiger partial charge in [-0.15, -0.1) is 0 Å². The lowest BCUT2D eigenvalue weighted by Crippen LogP contribution is -1.99. The van der Waals surface area contributed by atoms with Gasteiger partial charge in [0.05, 0.1) is 5.02 Å². The maximum atomic E-state index is 11.3. The van der Waals surface area contributed by atoms with Gasteiger partial charge in [-0.3, -0.25) is 9.78 Å². The number of aldehydes is 1.